The molecule has 0 aromatic heterocycles. The first-order valence-electron chi connectivity index (χ1n) is 8.44. The van der Waals surface area contributed by atoms with Crippen molar-refractivity contribution in [2.24, 2.45) is 0 Å². The van der Waals surface area contributed by atoms with Crippen molar-refractivity contribution < 1.29 is 22.7 Å². The van der Waals surface area contributed by atoms with Crippen LogP contribution >= 0.6 is 0 Å². The monoisotopic (exact) mass is 390 g/mol. The standard InChI is InChI=1S/C19H22N2O5S/c1-4-21(5-2)27(24,25)15-10-8-9-14(13-15)18(22)20-17-12-7-6-11-16(17)19(23)26-3/h6-13H,4-5H2,1-3H3,(H,20,22). The summed E-state index contributed by atoms with van der Waals surface area (Å²) in [6.45, 7) is 4.17. The maximum Gasteiger partial charge on any atom is 0.339 e. The van der Waals surface area contributed by atoms with Gasteiger partial charge in [0.1, 0.15) is 0 Å². The molecule has 0 aliphatic heterocycles. The molecule has 0 saturated heterocycles. The number of hydrogen-bond donors (Lipinski definition) is 1. The number of ether oxygens (including phenoxy) is 1. The van der Waals surface area contributed by atoms with E-state index in [1.807, 2.05) is 0 Å². The second kappa shape index (κ2) is 8.79. The molecule has 0 fully saturated rings. The van der Waals surface area contributed by atoms with E-state index in [4.69, 9.17) is 4.74 Å². The predicted octanol–water partition coefficient (Wildman–Crippen LogP) is 2.76. The van der Waals surface area contributed by atoms with Crippen LogP contribution < -0.4 is 5.32 Å². The number of sulfonamides is 1. The van der Waals surface area contributed by atoms with E-state index in [-0.39, 0.29) is 21.7 Å². The molecule has 0 aliphatic rings. The van der Waals surface area contributed by atoms with Gasteiger partial charge < -0.3 is 10.1 Å². The summed E-state index contributed by atoms with van der Waals surface area (Å²) in [7, 11) is -2.42. The molecule has 8 heteroatoms. The number of carbonyl (C=O) groups is 2. The van der Waals surface area contributed by atoms with Crippen LogP contribution in [0.25, 0.3) is 0 Å². The van der Waals surface area contributed by atoms with Gasteiger partial charge in [-0.05, 0) is 30.3 Å². The second-order valence-electron chi connectivity index (χ2n) is 5.61. The van der Waals surface area contributed by atoms with Crippen LogP contribution in [0.5, 0.6) is 0 Å². The van der Waals surface area contributed by atoms with Crippen molar-refractivity contribution in [3.8, 4) is 0 Å². The number of anilines is 1. The molecule has 2 rings (SSSR count). The highest BCUT2D eigenvalue weighted by atomic mass is 32.2. The third-order valence-corrected chi connectivity index (χ3v) is 6.07. The highest BCUT2D eigenvalue weighted by Crippen LogP contribution is 2.20. The highest BCUT2D eigenvalue weighted by Gasteiger charge is 2.23. The fourth-order valence-electron chi connectivity index (χ4n) is 2.58. The van der Waals surface area contributed by atoms with Gasteiger partial charge in [-0.1, -0.05) is 32.0 Å². The first kappa shape index (κ1) is 20.6. The van der Waals surface area contributed by atoms with Gasteiger partial charge in [0.2, 0.25) is 10.0 Å². The van der Waals surface area contributed by atoms with E-state index in [2.05, 4.69) is 5.32 Å². The lowest BCUT2D eigenvalue weighted by Gasteiger charge is -2.18. The largest absolute Gasteiger partial charge is 0.465 e. The lowest BCUT2D eigenvalue weighted by Crippen LogP contribution is -2.30. The molecule has 0 bridgehead atoms. The van der Waals surface area contributed by atoms with Crippen molar-refractivity contribution in [2.45, 2.75) is 18.7 Å². The fourth-order valence-corrected chi connectivity index (χ4v) is 4.09. The predicted molar refractivity (Wildman–Crippen MR) is 102 cm³/mol. The number of para-hydroxylation sites is 1. The molecule has 27 heavy (non-hydrogen) atoms. The number of nitrogens with zero attached hydrogens (tertiary/aromatic N) is 1. The molecule has 7 nitrogen and oxygen atoms in total. The van der Waals surface area contributed by atoms with Crippen molar-refractivity contribution in [1.82, 2.24) is 4.31 Å². The molecule has 144 valence electrons. The van der Waals surface area contributed by atoms with Crippen LogP contribution in [-0.4, -0.2) is 44.8 Å². The molecule has 0 spiro atoms. The Balaban J connectivity index is 2.33. The van der Waals surface area contributed by atoms with E-state index in [0.29, 0.717) is 13.1 Å². The number of benzene rings is 2. The number of rotatable bonds is 7. The molecule has 0 heterocycles. The van der Waals surface area contributed by atoms with E-state index < -0.39 is 21.9 Å². The van der Waals surface area contributed by atoms with Gasteiger partial charge in [0.05, 0.1) is 23.3 Å². The lowest BCUT2D eigenvalue weighted by molar-refractivity contribution is 0.0602. The quantitative estimate of drug-likeness (QED) is 0.734. The van der Waals surface area contributed by atoms with Gasteiger partial charge in [-0.2, -0.15) is 4.31 Å². The molecular weight excluding hydrogens is 368 g/mol. The van der Waals surface area contributed by atoms with Gasteiger partial charge in [-0.15, -0.1) is 0 Å². The van der Waals surface area contributed by atoms with Crippen LogP contribution in [0.4, 0.5) is 5.69 Å². The van der Waals surface area contributed by atoms with E-state index >= 15 is 0 Å². The molecule has 2 aromatic carbocycles. The molecule has 0 unspecified atom stereocenters. The Labute approximate surface area is 159 Å². The Hall–Kier alpha value is -2.71. The van der Waals surface area contributed by atoms with Gasteiger partial charge in [-0.3, -0.25) is 4.79 Å². The summed E-state index contributed by atoms with van der Waals surface area (Å²) in [5.41, 5.74) is 0.662. The Morgan fingerprint density at radius 3 is 2.33 bits per heavy atom. The van der Waals surface area contributed by atoms with Crippen molar-refractivity contribution in [1.29, 1.82) is 0 Å². The van der Waals surface area contributed by atoms with E-state index in [1.165, 1.54) is 41.7 Å². The van der Waals surface area contributed by atoms with Crippen molar-refractivity contribution in [3.05, 3.63) is 59.7 Å². The van der Waals surface area contributed by atoms with Crippen LogP contribution in [0.2, 0.25) is 0 Å². The van der Waals surface area contributed by atoms with Crippen molar-refractivity contribution in [3.63, 3.8) is 0 Å². The lowest BCUT2D eigenvalue weighted by atomic mass is 10.1. The number of nitrogens with one attached hydrogen (secondary N) is 1. The normalized spacial score (nSPS) is 11.3. The van der Waals surface area contributed by atoms with Crippen LogP contribution in [-0.2, 0) is 14.8 Å². The maximum atomic E-state index is 12.6. The Morgan fingerprint density at radius 2 is 1.70 bits per heavy atom. The van der Waals surface area contributed by atoms with Gasteiger partial charge in [-0.25, -0.2) is 13.2 Å². The van der Waals surface area contributed by atoms with E-state index in [9.17, 15) is 18.0 Å². The fraction of sp³-hybridized carbons (Fsp3) is 0.263. The van der Waals surface area contributed by atoms with Gasteiger partial charge in [0.15, 0.2) is 0 Å². The minimum Gasteiger partial charge on any atom is -0.465 e. The molecule has 0 saturated carbocycles. The SMILES string of the molecule is CCN(CC)S(=O)(=O)c1cccc(C(=O)Nc2ccccc2C(=O)OC)c1. The number of methoxy groups -OCH3 is 1. The zero-order valence-electron chi connectivity index (χ0n) is 15.4. The average Bonchev–Trinajstić information content (AvgIpc) is 2.68. The van der Waals surface area contributed by atoms with Crippen LogP contribution in [0.3, 0.4) is 0 Å². The van der Waals surface area contributed by atoms with Crippen LogP contribution in [0.1, 0.15) is 34.6 Å². The number of hydrogen-bond acceptors (Lipinski definition) is 5. The first-order valence-corrected chi connectivity index (χ1v) is 9.88. The Kier molecular flexibility index (Phi) is 6.70. The summed E-state index contributed by atoms with van der Waals surface area (Å²) in [6, 6.07) is 12.2. The zero-order valence-corrected chi connectivity index (χ0v) is 16.2. The highest BCUT2D eigenvalue weighted by molar-refractivity contribution is 7.89. The molecule has 0 aliphatic carbocycles. The van der Waals surface area contributed by atoms with Crippen molar-refractivity contribution >= 4 is 27.6 Å². The zero-order chi connectivity index (χ0) is 20.0. The average molecular weight is 390 g/mol. The number of amides is 1. The molecule has 1 amide bonds. The summed E-state index contributed by atoms with van der Waals surface area (Å²) in [4.78, 5) is 24.5. The number of esters is 1. The summed E-state index contributed by atoms with van der Waals surface area (Å²) < 4.78 is 31.3. The van der Waals surface area contributed by atoms with E-state index in [0.717, 1.165) is 0 Å². The molecule has 1 N–H and O–H groups in total. The van der Waals surface area contributed by atoms with E-state index in [1.54, 1.807) is 32.0 Å². The molecule has 0 atom stereocenters. The topological polar surface area (TPSA) is 92.8 Å². The Bertz CT molecular complexity index is 937. The Morgan fingerprint density at radius 1 is 1.04 bits per heavy atom. The van der Waals surface area contributed by atoms with Crippen LogP contribution in [0.15, 0.2) is 53.4 Å². The minimum atomic E-state index is -3.68. The molecular formula is C19H22N2O5S. The maximum absolute atomic E-state index is 12.6. The third kappa shape index (κ3) is 4.53. The third-order valence-electron chi connectivity index (χ3n) is 4.02. The second-order valence-corrected chi connectivity index (χ2v) is 7.55. The van der Waals surface area contributed by atoms with Gasteiger partial charge in [0, 0.05) is 18.7 Å². The van der Waals surface area contributed by atoms with Gasteiger partial charge in [0.25, 0.3) is 5.91 Å². The summed E-state index contributed by atoms with van der Waals surface area (Å²) in [5, 5.41) is 2.63. The first-order chi connectivity index (χ1) is 12.8. The summed E-state index contributed by atoms with van der Waals surface area (Å²) >= 11 is 0. The molecule has 0 radical (unpaired) electrons. The smallest absolute Gasteiger partial charge is 0.339 e. The molecule has 2 aromatic rings. The van der Waals surface area contributed by atoms with Crippen LogP contribution in [0, 0.1) is 0 Å². The van der Waals surface area contributed by atoms with Crippen molar-refractivity contribution in [2.75, 3.05) is 25.5 Å². The summed E-state index contributed by atoms with van der Waals surface area (Å²) in [5.74, 6) is -1.10. The summed E-state index contributed by atoms with van der Waals surface area (Å²) in [6.07, 6.45) is 0. The number of carbonyl (C=O) groups excluding carboxylic acids is 2. The van der Waals surface area contributed by atoms with Gasteiger partial charge >= 0.3 is 5.97 Å². The minimum absolute atomic E-state index is 0.0418.